The summed E-state index contributed by atoms with van der Waals surface area (Å²) in [6, 6.07) is 5.46. The fraction of sp³-hybridized carbons (Fsp3) is 0.444. The van der Waals surface area contributed by atoms with Crippen molar-refractivity contribution in [3.8, 4) is 17.2 Å². The summed E-state index contributed by atoms with van der Waals surface area (Å²) in [4.78, 5) is 12.3. The predicted molar refractivity (Wildman–Crippen MR) is 99.1 cm³/mol. The molecule has 26 heavy (non-hydrogen) atoms. The van der Waals surface area contributed by atoms with E-state index < -0.39 is 0 Å². The lowest BCUT2D eigenvalue weighted by atomic mass is 10.1. The van der Waals surface area contributed by atoms with Crippen LogP contribution in [0.3, 0.4) is 0 Å². The van der Waals surface area contributed by atoms with Gasteiger partial charge in [0.05, 0.1) is 34.1 Å². The lowest BCUT2D eigenvalue weighted by Crippen LogP contribution is -2.29. The largest absolute Gasteiger partial charge is 0.493 e. The average molecular weight is 362 g/mol. The van der Waals surface area contributed by atoms with Crippen molar-refractivity contribution < 1.29 is 19.0 Å². The number of aromatic nitrogens is 2. The zero-order valence-electron chi connectivity index (χ0n) is 15.8. The Morgan fingerprint density at radius 3 is 2.50 bits per heavy atom. The topological polar surface area (TPSA) is 86.6 Å². The molecule has 142 valence electrons. The minimum absolute atomic E-state index is 0.0691. The second kappa shape index (κ2) is 9.10. The molecule has 0 saturated carbocycles. The van der Waals surface area contributed by atoms with Crippen LogP contribution in [0.4, 0.5) is 5.82 Å². The zero-order valence-corrected chi connectivity index (χ0v) is 15.8. The van der Waals surface area contributed by atoms with E-state index in [4.69, 9.17) is 14.2 Å². The van der Waals surface area contributed by atoms with E-state index in [1.165, 1.54) is 0 Å². The fourth-order valence-electron chi connectivity index (χ4n) is 2.66. The predicted octanol–water partition coefficient (Wildman–Crippen LogP) is 1.75. The smallest absolute Gasteiger partial charge is 0.229 e. The van der Waals surface area contributed by atoms with E-state index in [1.54, 1.807) is 38.3 Å². The van der Waals surface area contributed by atoms with Gasteiger partial charge in [0.25, 0.3) is 0 Å². The summed E-state index contributed by atoms with van der Waals surface area (Å²) < 4.78 is 17.9. The molecule has 8 nitrogen and oxygen atoms in total. The first-order valence-electron chi connectivity index (χ1n) is 8.30. The Morgan fingerprint density at radius 2 is 1.88 bits per heavy atom. The minimum atomic E-state index is -0.154. The van der Waals surface area contributed by atoms with Gasteiger partial charge in [-0.3, -0.25) is 4.79 Å². The second-order valence-electron chi connectivity index (χ2n) is 5.82. The standard InChI is InChI=1S/C18H26N4O4/c1-12(10-19-2)18(23)21-15-8-9-20-22(15)11-13-6-7-14(24-3)17(26-5)16(13)25-4/h6-9,12,19H,10-11H2,1-5H3,(H,21,23). The number of nitrogens with zero attached hydrogens (tertiary/aromatic N) is 2. The Kier molecular flexibility index (Phi) is 6.85. The Balaban J connectivity index is 2.25. The number of hydrogen-bond donors (Lipinski definition) is 2. The molecule has 0 aliphatic carbocycles. The SMILES string of the molecule is CNCC(C)C(=O)Nc1ccnn1Cc1ccc(OC)c(OC)c1OC. The number of anilines is 1. The first kappa shape index (κ1) is 19.6. The molecule has 1 aromatic heterocycles. The molecule has 1 heterocycles. The molecule has 0 fully saturated rings. The van der Waals surface area contributed by atoms with Gasteiger partial charge in [-0.1, -0.05) is 6.92 Å². The minimum Gasteiger partial charge on any atom is -0.493 e. The number of nitrogens with one attached hydrogen (secondary N) is 2. The molecule has 2 N–H and O–H groups in total. The number of hydrogen-bond acceptors (Lipinski definition) is 6. The third-order valence-electron chi connectivity index (χ3n) is 4.03. The van der Waals surface area contributed by atoms with Gasteiger partial charge in [0.15, 0.2) is 11.5 Å². The number of amides is 1. The summed E-state index contributed by atoms with van der Waals surface area (Å²) in [7, 11) is 6.53. The fourth-order valence-corrected chi connectivity index (χ4v) is 2.66. The van der Waals surface area contributed by atoms with Gasteiger partial charge in [-0.15, -0.1) is 0 Å². The quantitative estimate of drug-likeness (QED) is 0.707. The van der Waals surface area contributed by atoms with Crippen LogP contribution >= 0.6 is 0 Å². The molecule has 0 aliphatic rings. The third-order valence-corrected chi connectivity index (χ3v) is 4.03. The molecule has 1 amide bonds. The first-order chi connectivity index (χ1) is 12.5. The Morgan fingerprint density at radius 1 is 1.15 bits per heavy atom. The molecule has 0 bridgehead atoms. The van der Waals surface area contributed by atoms with Crippen molar-refractivity contribution in [1.29, 1.82) is 0 Å². The highest BCUT2D eigenvalue weighted by atomic mass is 16.5. The highest BCUT2D eigenvalue weighted by Gasteiger charge is 2.18. The lowest BCUT2D eigenvalue weighted by molar-refractivity contribution is -0.119. The van der Waals surface area contributed by atoms with Crippen LogP contribution in [0.2, 0.25) is 0 Å². The van der Waals surface area contributed by atoms with Gasteiger partial charge in [-0.25, -0.2) is 4.68 Å². The summed E-state index contributed by atoms with van der Waals surface area (Å²) in [6.45, 7) is 2.87. The van der Waals surface area contributed by atoms with Gasteiger partial charge in [0.1, 0.15) is 5.82 Å². The van der Waals surface area contributed by atoms with Crippen LogP contribution in [-0.4, -0.2) is 50.6 Å². The number of ether oxygens (including phenoxy) is 3. The lowest BCUT2D eigenvalue weighted by Gasteiger charge is -2.17. The second-order valence-corrected chi connectivity index (χ2v) is 5.82. The maximum atomic E-state index is 12.3. The van der Waals surface area contributed by atoms with Crippen molar-refractivity contribution in [2.75, 3.05) is 40.2 Å². The molecule has 0 spiro atoms. The first-order valence-corrected chi connectivity index (χ1v) is 8.30. The van der Waals surface area contributed by atoms with Crippen LogP contribution < -0.4 is 24.8 Å². The van der Waals surface area contributed by atoms with Crippen LogP contribution in [0.1, 0.15) is 12.5 Å². The van der Waals surface area contributed by atoms with Crippen molar-refractivity contribution in [1.82, 2.24) is 15.1 Å². The number of benzene rings is 1. The van der Waals surface area contributed by atoms with Crippen LogP contribution in [0.25, 0.3) is 0 Å². The Hall–Kier alpha value is -2.74. The summed E-state index contributed by atoms with van der Waals surface area (Å²) in [5.41, 5.74) is 0.854. The van der Waals surface area contributed by atoms with Crippen LogP contribution in [0.15, 0.2) is 24.4 Å². The maximum Gasteiger partial charge on any atom is 0.229 e. The van der Waals surface area contributed by atoms with E-state index in [1.807, 2.05) is 26.1 Å². The zero-order chi connectivity index (χ0) is 19.1. The number of carbonyl (C=O) groups excluding carboxylic acids is 1. The van der Waals surface area contributed by atoms with E-state index in [9.17, 15) is 4.79 Å². The van der Waals surface area contributed by atoms with Crippen molar-refractivity contribution in [2.24, 2.45) is 5.92 Å². The van der Waals surface area contributed by atoms with E-state index in [0.717, 1.165) is 5.56 Å². The number of methoxy groups -OCH3 is 3. The number of rotatable bonds is 9. The van der Waals surface area contributed by atoms with Crippen molar-refractivity contribution >= 4 is 11.7 Å². The van der Waals surface area contributed by atoms with Crippen LogP contribution in [0, 0.1) is 5.92 Å². The molecule has 0 aliphatic heterocycles. The molecule has 0 saturated heterocycles. The summed E-state index contributed by atoms with van der Waals surface area (Å²) in [5, 5.41) is 10.2. The normalized spacial score (nSPS) is 11.7. The Labute approximate surface area is 153 Å². The third kappa shape index (κ3) is 4.26. The van der Waals surface area contributed by atoms with Crippen LogP contribution in [-0.2, 0) is 11.3 Å². The van der Waals surface area contributed by atoms with Crippen LogP contribution in [0.5, 0.6) is 17.2 Å². The van der Waals surface area contributed by atoms with Crippen molar-refractivity contribution in [3.05, 3.63) is 30.0 Å². The van der Waals surface area contributed by atoms with Gasteiger partial charge in [-0.05, 0) is 19.2 Å². The summed E-state index contributed by atoms with van der Waals surface area (Å²) in [6.07, 6.45) is 1.64. The molecule has 1 atom stereocenters. The van der Waals surface area contributed by atoms with Gasteiger partial charge in [-0.2, -0.15) is 5.10 Å². The molecule has 8 heteroatoms. The molecule has 2 rings (SSSR count). The average Bonchev–Trinajstić information content (AvgIpc) is 3.07. The highest BCUT2D eigenvalue weighted by Crippen LogP contribution is 2.40. The van der Waals surface area contributed by atoms with E-state index >= 15 is 0 Å². The van der Waals surface area contributed by atoms with Gasteiger partial charge in [0.2, 0.25) is 11.7 Å². The van der Waals surface area contributed by atoms with Gasteiger partial charge < -0.3 is 24.8 Å². The highest BCUT2D eigenvalue weighted by molar-refractivity contribution is 5.91. The molecule has 2 aromatic rings. The van der Waals surface area contributed by atoms with Gasteiger partial charge >= 0.3 is 0 Å². The van der Waals surface area contributed by atoms with Gasteiger partial charge in [0, 0.05) is 24.1 Å². The Bertz CT molecular complexity index is 745. The molecule has 1 aromatic carbocycles. The molecule has 1 unspecified atom stereocenters. The van der Waals surface area contributed by atoms with E-state index in [0.29, 0.717) is 36.2 Å². The van der Waals surface area contributed by atoms with E-state index in [2.05, 4.69) is 15.7 Å². The molecule has 0 radical (unpaired) electrons. The summed E-state index contributed by atoms with van der Waals surface area (Å²) in [5.74, 6) is 2.08. The van der Waals surface area contributed by atoms with E-state index in [-0.39, 0.29) is 11.8 Å². The number of carbonyl (C=O) groups is 1. The summed E-state index contributed by atoms with van der Waals surface area (Å²) >= 11 is 0. The van der Waals surface area contributed by atoms with Crippen molar-refractivity contribution in [3.63, 3.8) is 0 Å². The monoisotopic (exact) mass is 362 g/mol. The van der Waals surface area contributed by atoms with Crippen molar-refractivity contribution in [2.45, 2.75) is 13.5 Å². The molecular formula is C18H26N4O4. The maximum absolute atomic E-state index is 12.3. The molecular weight excluding hydrogens is 336 g/mol.